The molecule has 6 aromatic heterocycles. The van der Waals surface area contributed by atoms with Crippen LogP contribution < -0.4 is 11.1 Å². The number of nitrogens with zero attached hydrogens (tertiary/aromatic N) is 6. The van der Waals surface area contributed by atoms with E-state index in [0.717, 1.165) is 21.5 Å². The molecule has 32 heavy (non-hydrogen) atoms. The monoisotopic (exact) mass is 414 g/mol. The van der Waals surface area contributed by atoms with Gasteiger partial charge >= 0.3 is 0 Å². The van der Waals surface area contributed by atoms with Crippen LogP contribution in [0.3, 0.4) is 0 Å². The first-order chi connectivity index (χ1) is 15.7. The van der Waals surface area contributed by atoms with Gasteiger partial charge in [-0.25, -0.2) is 9.97 Å². The van der Waals surface area contributed by atoms with Crippen molar-refractivity contribution < 1.29 is 0 Å². The Balaban J connectivity index is 1.73. The molecule has 148 valence electrons. The van der Waals surface area contributed by atoms with E-state index >= 15 is 0 Å². The smallest absolute Gasteiger partial charge is 0.264 e. The van der Waals surface area contributed by atoms with Gasteiger partial charge in [0.25, 0.3) is 11.1 Å². The molecule has 8 rings (SSSR count). The molecule has 0 saturated heterocycles. The van der Waals surface area contributed by atoms with E-state index in [1.54, 1.807) is 45.7 Å². The van der Waals surface area contributed by atoms with E-state index in [1.807, 2.05) is 24.3 Å². The zero-order valence-corrected chi connectivity index (χ0v) is 16.3. The molecule has 0 radical (unpaired) electrons. The van der Waals surface area contributed by atoms with Crippen LogP contribution in [0.1, 0.15) is 0 Å². The van der Waals surface area contributed by atoms with Crippen molar-refractivity contribution in [3.63, 3.8) is 0 Å². The Morgan fingerprint density at radius 3 is 1.47 bits per heavy atom. The topological polar surface area (TPSA) is 94.5 Å². The SMILES string of the molecule is O=c1c2ccc3c4c(ccc(c24)c2nc4ccncc4n12)c(=O)n1c2cnccc2nc31. The van der Waals surface area contributed by atoms with Crippen LogP contribution >= 0.6 is 0 Å². The minimum Gasteiger partial charge on any atom is -0.268 e. The van der Waals surface area contributed by atoms with Gasteiger partial charge in [-0.1, -0.05) is 0 Å². The fourth-order valence-electron chi connectivity index (χ4n) is 5.09. The Labute approximate surface area is 176 Å². The van der Waals surface area contributed by atoms with E-state index in [4.69, 9.17) is 9.97 Å². The highest BCUT2D eigenvalue weighted by Crippen LogP contribution is 2.36. The fourth-order valence-corrected chi connectivity index (χ4v) is 5.09. The maximum absolute atomic E-state index is 13.5. The van der Waals surface area contributed by atoms with Gasteiger partial charge in [0.1, 0.15) is 11.3 Å². The number of fused-ring (bicyclic) bond motifs is 8. The number of aromatic nitrogens is 6. The van der Waals surface area contributed by atoms with E-state index in [1.165, 1.54) is 0 Å². The van der Waals surface area contributed by atoms with Crippen molar-refractivity contribution in [1.29, 1.82) is 0 Å². The largest absolute Gasteiger partial charge is 0.268 e. The van der Waals surface area contributed by atoms with Crippen molar-refractivity contribution in [3.05, 3.63) is 81.9 Å². The molecule has 0 unspecified atom stereocenters. The molecule has 8 heteroatoms. The van der Waals surface area contributed by atoms with Crippen LogP contribution in [0.4, 0.5) is 0 Å². The Bertz CT molecular complexity index is 2040. The Morgan fingerprint density at radius 1 is 0.562 bits per heavy atom. The van der Waals surface area contributed by atoms with Crippen molar-refractivity contribution in [3.8, 4) is 0 Å². The Kier molecular flexibility index (Phi) is 2.56. The summed E-state index contributed by atoms with van der Waals surface area (Å²) in [7, 11) is 0. The first kappa shape index (κ1) is 16.0. The minimum atomic E-state index is -0.178. The maximum Gasteiger partial charge on any atom is 0.264 e. The second-order valence-corrected chi connectivity index (χ2v) is 7.95. The highest BCUT2D eigenvalue weighted by molar-refractivity contribution is 6.27. The summed E-state index contributed by atoms with van der Waals surface area (Å²) in [6.07, 6.45) is 6.62. The van der Waals surface area contributed by atoms with E-state index in [2.05, 4.69) is 9.97 Å². The van der Waals surface area contributed by atoms with Gasteiger partial charge in [-0.3, -0.25) is 28.4 Å². The zero-order valence-electron chi connectivity index (χ0n) is 16.3. The van der Waals surface area contributed by atoms with Gasteiger partial charge in [0.05, 0.1) is 34.5 Å². The highest BCUT2D eigenvalue weighted by atomic mass is 16.1. The molecule has 0 saturated carbocycles. The molecule has 6 heterocycles. The van der Waals surface area contributed by atoms with Crippen molar-refractivity contribution >= 4 is 65.7 Å². The normalized spacial score (nSPS) is 12.6. The molecular formula is C24H10N6O2. The van der Waals surface area contributed by atoms with Crippen LogP contribution in [-0.4, -0.2) is 28.7 Å². The Morgan fingerprint density at radius 2 is 1.00 bits per heavy atom. The lowest BCUT2D eigenvalue weighted by atomic mass is 9.96. The molecule has 0 aliphatic heterocycles. The summed E-state index contributed by atoms with van der Waals surface area (Å²) >= 11 is 0. The molecule has 0 aliphatic rings. The van der Waals surface area contributed by atoms with E-state index < -0.39 is 0 Å². The standard InChI is InChI=1S/C24H10N6O2/c31-23-13-3-1-11-19-14(24(32)29-17-9-25-7-5-15(17)27-21(11)29)4-2-12(20(13)19)22-28-16-6-8-26-10-18(16)30(22)23/h1-10H. The molecular weight excluding hydrogens is 404 g/mol. The highest BCUT2D eigenvalue weighted by Gasteiger charge is 2.22. The quantitative estimate of drug-likeness (QED) is 0.354. The van der Waals surface area contributed by atoms with E-state index in [-0.39, 0.29) is 11.1 Å². The number of hydrogen-bond donors (Lipinski definition) is 0. The number of imidazole rings is 2. The van der Waals surface area contributed by atoms with Gasteiger partial charge in [0.2, 0.25) is 0 Å². The van der Waals surface area contributed by atoms with Crippen molar-refractivity contribution in [2.75, 3.05) is 0 Å². The molecule has 0 amide bonds. The third-order valence-electron chi connectivity index (χ3n) is 6.42. The number of hydrogen-bond acceptors (Lipinski definition) is 6. The third kappa shape index (κ3) is 1.64. The van der Waals surface area contributed by atoms with Crippen LogP contribution in [0.5, 0.6) is 0 Å². The van der Waals surface area contributed by atoms with Gasteiger partial charge < -0.3 is 0 Å². The second kappa shape index (κ2) is 5.12. The van der Waals surface area contributed by atoms with Crippen molar-refractivity contribution in [1.82, 2.24) is 28.7 Å². The van der Waals surface area contributed by atoms with Crippen molar-refractivity contribution in [2.24, 2.45) is 0 Å². The average Bonchev–Trinajstić information content (AvgIpc) is 3.40. The maximum atomic E-state index is 13.5. The van der Waals surface area contributed by atoms with E-state index in [0.29, 0.717) is 44.1 Å². The summed E-state index contributed by atoms with van der Waals surface area (Å²) in [5, 5.41) is 4.19. The summed E-state index contributed by atoms with van der Waals surface area (Å²) in [6, 6.07) is 11.0. The third-order valence-corrected chi connectivity index (χ3v) is 6.42. The number of rotatable bonds is 0. The lowest BCUT2D eigenvalue weighted by Crippen LogP contribution is -2.16. The first-order valence-corrected chi connectivity index (χ1v) is 10.1. The lowest BCUT2D eigenvalue weighted by molar-refractivity contribution is 1.17. The second-order valence-electron chi connectivity index (χ2n) is 7.95. The summed E-state index contributed by atoms with van der Waals surface area (Å²) in [5.74, 6) is 0. The molecule has 0 aliphatic carbocycles. The van der Waals surface area contributed by atoms with Gasteiger partial charge in [0.15, 0.2) is 0 Å². The van der Waals surface area contributed by atoms with Gasteiger partial charge in [-0.05, 0) is 36.4 Å². The fraction of sp³-hybridized carbons (Fsp3) is 0. The minimum absolute atomic E-state index is 0.178. The van der Waals surface area contributed by atoms with Crippen LogP contribution in [0.25, 0.3) is 65.7 Å². The lowest BCUT2D eigenvalue weighted by Gasteiger charge is -2.11. The van der Waals surface area contributed by atoms with Gasteiger partial charge in [0, 0.05) is 44.7 Å². The van der Waals surface area contributed by atoms with Crippen molar-refractivity contribution in [2.45, 2.75) is 0 Å². The first-order valence-electron chi connectivity index (χ1n) is 10.1. The molecule has 0 atom stereocenters. The average molecular weight is 414 g/mol. The molecule has 0 fully saturated rings. The predicted octanol–water partition coefficient (Wildman–Crippen LogP) is 3.13. The molecule has 8 aromatic rings. The Hall–Kier alpha value is -4.72. The number of pyridine rings is 4. The summed E-state index contributed by atoms with van der Waals surface area (Å²) in [4.78, 5) is 44.9. The van der Waals surface area contributed by atoms with Crippen LogP contribution in [0.2, 0.25) is 0 Å². The molecule has 0 N–H and O–H groups in total. The summed E-state index contributed by atoms with van der Waals surface area (Å²) in [6.45, 7) is 0. The van der Waals surface area contributed by atoms with Crippen LogP contribution in [0, 0.1) is 0 Å². The summed E-state index contributed by atoms with van der Waals surface area (Å²) < 4.78 is 3.21. The summed E-state index contributed by atoms with van der Waals surface area (Å²) in [5.41, 5.74) is 3.49. The predicted molar refractivity (Wildman–Crippen MR) is 122 cm³/mol. The van der Waals surface area contributed by atoms with Crippen LogP contribution in [-0.2, 0) is 0 Å². The molecule has 0 bridgehead atoms. The zero-order chi connectivity index (χ0) is 21.1. The van der Waals surface area contributed by atoms with E-state index in [9.17, 15) is 9.59 Å². The van der Waals surface area contributed by atoms with Crippen LogP contribution in [0.15, 0.2) is 70.8 Å². The molecule has 8 nitrogen and oxygen atoms in total. The molecule has 0 spiro atoms. The molecule has 2 aromatic carbocycles. The van der Waals surface area contributed by atoms with Gasteiger partial charge in [-0.2, -0.15) is 0 Å². The number of benzene rings is 2. The van der Waals surface area contributed by atoms with Gasteiger partial charge in [-0.15, -0.1) is 0 Å².